The lowest BCUT2D eigenvalue weighted by molar-refractivity contribution is 0.0685. The van der Waals surface area contributed by atoms with E-state index in [-0.39, 0.29) is 0 Å². The van der Waals surface area contributed by atoms with E-state index in [1.54, 1.807) is 27.5 Å². The zero-order valence-corrected chi connectivity index (χ0v) is 11.4. The van der Waals surface area contributed by atoms with Crippen LogP contribution in [0.25, 0.3) is 0 Å². The largest absolute Gasteiger partial charge is 0.477 e. The van der Waals surface area contributed by atoms with E-state index < -0.39 is 5.97 Å². The van der Waals surface area contributed by atoms with Gasteiger partial charge in [0.2, 0.25) is 0 Å². The summed E-state index contributed by atoms with van der Waals surface area (Å²) in [5, 5.41) is 9.04. The van der Waals surface area contributed by atoms with Gasteiger partial charge >= 0.3 is 5.97 Å². The number of carboxylic acids is 1. The molecule has 0 fully saturated rings. The van der Waals surface area contributed by atoms with Gasteiger partial charge < -0.3 is 9.67 Å². The minimum Gasteiger partial charge on any atom is -0.477 e. The van der Waals surface area contributed by atoms with Gasteiger partial charge in [0, 0.05) is 14.6 Å². The maximum atomic E-state index is 11.0. The summed E-state index contributed by atoms with van der Waals surface area (Å²) in [6.07, 6.45) is 1.84. The Morgan fingerprint density at radius 1 is 1.69 bits per heavy atom. The van der Waals surface area contributed by atoms with Crippen molar-refractivity contribution in [1.82, 2.24) is 9.55 Å². The van der Waals surface area contributed by atoms with Crippen LogP contribution in [0.2, 0.25) is 0 Å². The molecule has 0 aromatic carbocycles. The van der Waals surface area contributed by atoms with Gasteiger partial charge in [-0.2, -0.15) is 0 Å². The molecule has 0 unspecified atom stereocenters. The minimum absolute atomic E-state index is 0.317. The van der Waals surface area contributed by atoms with Crippen molar-refractivity contribution in [2.24, 2.45) is 0 Å². The molecule has 2 aromatic rings. The number of nitrogens with zero attached hydrogens (tertiary/aromatic N) is 2. The van der Waals surface area contributed by atoms with Crippen LogP contribution >= 0.6 is 33.9 Å². The average molecular weight is 348 g/mol. The maximum absolute atomic E-state index is 11.0. The van der Waals surface area contributed by atoms with Crippen molar-refractivity contribution in [2.75, 3.05) is 0 Å². The molecule has 0 aliphatic carbocycles. The SMILES string of the molecule is Cc1ncsc1Cn1cc(I)cc1C(=O)O. The second-order valence-electron chi connectivity index (χ2n) is 3.34. The monoisotopic (exact) mass is 348 g/mol. The molecule has 16 heavy (non-hydrogen) atoms. The highest BCUT2D eigenvalue weighted by molar-refractivity contribution is 14.1. The summed E-state index contributed by atoms with van der Waals surface area (Å²) >= 11 is 3.66. The molecule has 2 aromatic heterocycles. The Morgan fingerprint density at radius 3 is 3.00 bits per heavy atom. The lowest BCUT2D eigenvalue weighted by Gasteiger charge is -2.04. The van der Waals surface area contributed by atoms with E-state index in [0.29, 0.717) is 12.2 Å². The third-order valence-corrected chi connectivity index (χ3v) is 3.75. The van der Waals surface area contributed by atoms with Gasteiger partial charge in [-0.15, -0.1) is 11.3 Å². The molecule has 2 rings (SSSR count). The van der Waals surface area contributed by atoms with Crippen molar-refractivity contribution in [3.05, 3.63) is 37.6 Å². The fraction of sp³-hybridized carbons (Fsp3) is 0.200. The molecule has 2 heterocycles. The molecule has 0 aliphatic heterocycles. The molecular formula is C10H9IN2O2S. The number of hydrogen-bond donors (Lipinski definition) is 1. The number of hydrogen-bond acceptors (Lipinski definition) is 3. The third kappa shape index (κ3) is 2.27. The van der Waals surface area contributed by atoms with Crippen LogP contribution in [-0.4, -0.2) is 20.6 Å². The van der Waals surface area contributed by atoms with Gasteiger partial charge in [-0.1, -0.05) is 0 Å². The van der Waals surface area contributed by atoms with Crippen molar-refractivity contribution in [1.29, 1.82) is 0 Å². The number of aryl methyl sites for hydroxylation is 1. The number of rotatable bonds is 3. The molecule has 0 bridgehead atoms. The Morgan fingerprint density at radius 2 is 2.44 bits per heavy atom. The van der Waals surface area contributed by atoms with Gasteiger partial charge in [-0.05, 0) is 35.6 Å². The lowest BCUT2D eigenvalue weighted by atomic mass is 10.3. The van der Waals surface area contributed by atoms with Crippen molar-refractivity contribution >= 4 is 39.9 Å². The summed E-state index contributed by atoms with van der Waals surface area (Å²) < 4.78 is 2.67. The maximum Gasteiger partial charge on any atom is 0.352 e. The second-order valence-corrected chi connectivity index (χ2v) is 5.52. The minimum atomic E-state index is -0.898. The van der Waals surface area contributed by atoms with Crippen molar-refractivity contribution in [3.8, 4) is 0 Å². The lowest BCUT2D eigenvalue weighted by Crippen LogP contribution is -2.08. The van der Waals surface area contributed by atoms with Crippen LogP contribution in [0.5, 0.6) is 0 Å². The molecule has 0 saturated heterocycles. The molecule has 0 amide bonds. The van der Waals surface area contributed by atoms with Crippen LogP contribution in [0.3, 0.4) is 0 Å². The normalized spacial score (nSPS) is 10.6. The van der Waals surface area contributed by atoms with E-state index in [2.05, 4.69) is 27.6 Å². The number of aromatic carboxylic acids is 1. The summed E-state index contributed by atoms with van der Waals surface area (Å²) in [5.74, 6) is -0.898. The Hall–Kier alpha value is -0.890. The zero-order valence-electron chi connectivity index (χ0n) is 8.48. The fourth-order valence-corrected chi connectivity index (χ4v) is 2.82. The number of thiazole rings is 1. The first-order chi connectivity index (χ1) is 7.58. The van der Waals surface area contributed by atoms with Gasteiger partial charge in [-0.3, -0.25) is 0 Å². The summed E-state index contributed by atoms with van der Waals surface area (Å²) in [6.45, 7) is 2.50. The first-order valence-corrected chi connectivity index (χ1v) is 6.51. The first-order valence-electron chi connectivity index (χ1n) is 4.56. The van der Waals surface area contributed by atoms with Crippen LogP contribution in [0.4, 0.5) is 0 Å². The predicted octanol–water partition coefficient (Wildman–Crippen LogP) is 2.60. The standard InChI is InChI=1S/C10H9IN2O2S/c1-6-9(16-5-12-6)4-13-3-7(11)2-8(13)10(14)15/h2-3,5H,4H2,1H3,(H,14,15). The first kappa shape index (κ1) is 11.6. The van der Waals surface area contributed by atoms with E-state index in [4.69, 9.17) is 5.11 Å². The molecule has 0 saturated carbocycles. The summed E-state index contributed by atoms with van der Waals surface area (Å²) in [6, 6.07) is 1.67. The number of aromatic nitrogens is 2. The molecule has 0 radical (unpaired) electrons. The molecule has 84 valence electrons. The average Bonchev–Trinajstić information content (AvgIpc) is 2.75. The highest BCUT2D eigenvalue weighted by Crippen LogP contribution is 2.18. The summed E-state index contributed by atoms with van der Waals surface area (Å²) in [4.78, 5) is 16.3. The Balaban J connectivity index is 2.34. The number of carbonyl (C=O) groups is 1. The molecule has 6 heteroatoms. The number of halogens is 1. The highest BCUT2D eigenvalue weighted by atomic mass is 127. The van der Waals surface area contributed by atoms with Gasteiger partial charge in [0.15, 0.2) is 0 Å². The molecule has 0 spiro atoms. The van der Waals surface area contributed by atoms with Crippen LogP contribution < -0.4 is 0 Å². The van der Waals surface area contributed by atoms with E-state index in [0.717, 1.165) is 14.1 Å². The van der Waals surface area contributed by atoms with Crippen molar-refractivity contribution < 1.29 is 9.90 Å². The Kier molecular flexibility index (Phi) is 3.29. The van der Waals surface area contributed by atoms with Gasteiger partial charge in [0.05, 0.1) is 17.7 Å². The Labute approximate surface area is 110 Å². The summed E-state index contributed by atoms with van der Waals surface area (Å²) in [5.41, 5.74) is 3.06. The van der Waals surface area contributed by atoms with Crippen molar-refractivity contribution in [3.63, 3.8) is 0 Å². The highest BCUT2D eigenvalue weighted by Gasteiger charge is 2.13. The van der Waals surface area contributed by atoms with Crippen LogP contribution in [-0.2, 0) is 6.54 Å². The quantitative estimate of drug-likeness (QED) is 0.868. The zero-order chi connectivity index (χ0) is 11.7. The topological polar surface area (TPSA) is 55.1 Å². The van der Waals surface area contributed by atoms with Crippen LogP contribution in [0.1, 0.15) is 21.1 Å². The van der Waals surface area contributed by atoms with Gasteiger partial charge in [0.1, 0.15) is 5.69 Å². The van der Waals surface area contributed by atoms with Gasteiger partial charge in [0.25, 0.3) is 0 Å². The second kappa shape index (κ2) is 4.54. The molecule has 0 atom stereocenters. The van der Waals surface area contributed by atoms with E-state index in [1.165, 1.54) is 0 Å². The smallest absolute Gasteiger partial charge is 0.352 e. The van der Waals surface area contributed by atoms with Crippen LogP contribution in [0, 0.1) is 10.5 Å². The molecule has 0 aliphatic rings. The third-order valence-electron chi connectivity index (χ3n) is 2.24. The predicted molar refractivity (Wildman–Crippen MR) is 70.1 cm³/mol. The summed E-state index contributed by atoms with van der Waals surface area (Å²) in [7, 11) is 0. The number of carboxylic acid groups (broad SMARTS) is 1. The van der Waals surface area contributed by atoms with Gasteiger partial charge in [-0.25, -0.2) is 9.78 Å². The van der Waals surface area contributed by atoms with E-state index in [9.17, 15) is 4.79 Å². The van der Waals surface area contributed by atoms with Crippen molar-refractivity contribution in [2.45, 2.75) is 13.5 Å². The van der Waals surface area contributed by atoms with E-state index >= 15 is 0 Å². The molecular weight excluding hydrogens is 339 g/mol. The van der Waals surface area contributed by atoms with Crippen LogP contribution in [0.15, 0.2) is 17.8 Å². The van der Waals surface area contributed by atoms with E-state index in [1.807, 2.05) is 13.1 Å². The fourth-order valence-electron chi connectivity index (χ4n) is 1.42. The molecule has 1 N–H and O–H groups in total. The molecule has 4 nitrogen and oxygen atoms in total. The Bertz CT molecular complexity index is 533.